The highest BCUT2D eigenvalue weighted by molar-refractivity contribution is 5.72. The van der Waals surface area contributed by atoms with Crippen LogP contribution < -0.4 is 0 Å². The Hall–Kier alpha value is -0.450. The van der Waals surface area contributed by atoms with Crippen molar-refractivity contribution in [2.24, 2.45) is 0 Å². The Morgan fingerprint density at radius 1 is 1.25 bits per heavy atom. The maximum absolute atomic E-state index is 9.44. The molecule has 2 unspecified atom stereocenters. The first-order valence-electron chi connectivity index (χ1n) is 3.89. The van der Waals surface area contributed by atoms with E-state index in [1.807, 2.05) is 0 Å². The lowest BCUT2D eigenvalue weighted by atomic mass is 10.2. The van der Waals surface area contributed by atoms with Crippen LogP contribution in [0.3, 0.4) is 0 Å². The Bertz CT molecular complexity index is 102. The Morgan fingerprint density at radius 2 is 1.58 bits per heavy atom. The Labute approximate surface area is 72.8 Å². The van der Waals surface area contributed by atoms with Gasteiger partial charge in [0, 0.05) is 0 Å². The van der Waals surface area contributed by atoms with Crippen LogP contribution in [0.1, 0.15) is 27.2 Å². The van der Waals surface area contributed by atoms with Crippen LogP contribution in [-0.4, -0.2) is 39.9 Å². The van der Waals surface area contributed by atoms with Crippen molar-refractivity contribution in [1.29, 1.82) is 0 Å². The summed E-state index contributed by atoms with van der Waals surface area (Å²) in [5, 5.41) is 25.6. The van der Waals surface area contributed by atoms with Crippen LogP contribution in [0.15, 0.2) is 0 Å². The molecule has 0 saturated carbocycles. The molecule has 74 valence electrons. The number of rotatable bonds is 3. The maximum atomic E-state index is 9.44. The molecule has 0 aliphatic rings. The summed E-state index contributed by atoms with van der Waals surface area (Å²) in [7, 11) is 0. The van der Waals surface area contributed by atoms with Crippen molar-refractivity contribution in [1.82, 2.24) is 0 Å². The molecule has 0 bridgehead atoms. The summed E-state index contributed by atoms with van der Waals surface area (Å²) in [4.78, 5) is 9.44. The number of ketones is 1. The van der Waals surface area contributed by atoms with E-state index in [4.69, 9.17) is 15.3 Å². The van der Waals surface area contributed by atoms with Crippen LogP contribution in [0, 0.1) is 0 Å². The van der Waals surface area contributed by atoms with E-state index >= 15 is 0 Å². The first-order chi connectivity index (χ1) is 5.45. The molecule has 0 amide bonds. The fraction of sp³-hybridized carbons (Fsp3) is 0.875. The second-order valence-electron chi connectivity index (χ2n) is 2.63. The third-order valence-electron chi connectivity index (χ3n) is 1.05. The summed E-state index contributed by atoms with van der Waals surface area (Å²) in [6, 6.07) is 0. The third-order valence-corrected chi connectivity index (χ3v) is 1.05. The van der Waals surface area contributed by atoms with Gasteiger partial charge in [0.2, 0.25) is 0 Å². The van der Waals surface area contributed by atoms with Crippen molar-refractivity contribution in [3.05, 3.63) is 0 Å². The van der Waals surface area contributed by atoms with Crippen molar-refractivity contribution in [2.75, 3.05) is 6.61 Å². The summed E-state index contributed by atoms with van der Waals surface area (Å²) in [6.45, 7) is 4.43. The molecule has 0 spiro atoms. The van der Waals surface area contributed by atoms with E-state index in [2.05, 4.69) is 0 Å². The summed E-state index contributed by atoms with van der Waals surface area (Å²) in [6.07, 6.45) is -1.28. The summed E-state index contributed by atoms with van der Waals surface area (Å²) >= 11 is 0. The van der Waals surface area contributed by atoms with Crippen molar-refractivity contribution < 1.29 is 20.1 Å². The van der Waals surface area contributed by atoms with Gasteiger partial charge in [0.05, 0.1) is 12.7 Å². The predicted molar refractivity (Wildman–Crippen MR) is 45.7 cm³/mol. The third kappa shape index (κ3) is 12.2. The zero-order valence-electron chi connectivity index (χ0n) is 7.82. The lowest BCUT2D eigenvalue weighted by Crippen LogP contribution is -2.28. The molecule has 0 aromatic rings. The first-order valence-corrected chi connectivity index (χ1v) is 3.89. The van der Waals surface area contributed by atoms with Crippen molar-refractivity contribution in [2.45, 2.75) is 39.4 Å². The largest absolute Gasteiger partial charge is 0.394 e. The maximum Gasteiger partial charge on any atom is 0.126 e. The zero-order chi connectivity index (χ0) is 10.1. The molecule has 0 saturated heterocycles. The normalized spacial score (nSPS) is 14.2. The number of carbonyl (C=O) groups excluding carboxylic acids is 1. The highest BCUT2D eigenvalue weighted by Crippen LogP contribution is 1.95. The minimum Gasteiger partial charge on any atom is -0.394 e. The molecule has 0 fully saturated rings. The van der Waals surface area contributed by atoms with Crippen LogP contribution in [-0.2, 0) is 4.79 Å². The highest BCUT2D eigenvalue weighted by atomic mass is 16.4. The van der Waals surface area contributed by atoms with Crippen LogP contribution in [0.4, 0.5) is 0 Å². The second kappa shape index (κ2) is 8.64. The smallest absolute Gasteiger partial charge is 0.126 e. The fourth-order valence-corrected chi connectivity index (χ4v) is 0.394. The van der Waals surface area contributed by atoms with Gasteiger partial charge in [0.15, 0.2) is 0 Å². The predicted octanol–water partition coefficient (Wildman–Crippen LogP) is -0.294. The van der Waals surface area contributed by atoms with Gasteiger partial charge in [0.1, 0.15) is 11.9 Å². The standard InChI is InChI=1S/C5H12O3.C3H6O/c1-2-4(7)5(8)3-6;1-3(2)4/h4-8H,2-3H2,1H3;1-2H3. The molecule has 0 aliphatic carbocycles. The minimum atomic E-state index is -0.972. The van der Waals surface area contributed by atoms with Gasteiger partial charge < -0.3 is 20.1 Å². The average molecular weight is 178 g/mol. The average Bonchev–Trinajstić information content (AvgIpc) is 2.00. The number of hydrogen-bond acceptors (Lipinski definition) is 4. The van der Waals surface area contributed by atoms with Gasteiger partial charge >= 0.3 is 0 Å². The Morgan fingerprint density at radius 3 is 1.67 bits per heavy atom. The molecule has 0 radical (unpaired) electrons. The van der Waals surface area contributed by atoms with E-state index in [-0.39, 0.29) is 12.4 Å². The van der Waals surface area contributed by atoms with Gasteiger partial charge in [-0.3, -0.25) is 0 Å². The van der Waals surface area contributed by atoms with Crippen LogP contribution in [0.25, 0.3) is 0 Å². The van der Waals surface area contributed by atoms with Gasteiger partial charge in [-0.1, -0.05) is 6.92 Å². The van der Waals surface area contributed by atoms with Gasteiger partial charge in [0.25, 0.3) is 0 Å². The van der Waals surface area contributed by atoms with Crippen molar-refractivity contribution in [3.8, 4) is 0 Å². The van der Waals surface area contributed by atoms with Gasteiger partial charge in [-0.25, -0.2) is 0 Å². The molecular weight excluding hydrogens is 160 g/mol. The first kappa shape index (κ1) is 14.1. The van der Waals surface area contributed by atoms with Gasteiger partial charge in [-0.05, 0) is 20.3 Å². The molecule has 0 aromatic heterocycles. The summed E-state index contributed by atoms with van der Waals surface area (Å²) in [5.41, 5.74) is 0. The van der Waals surface area contributed by atoms with Crippen LogP contribution in [0.2, 0.25) is 0 Å². The number of Topliss-reactive ketones (excluding diaryl/α,β-unsaturated/α-hetero) is 1. The molecule has 0 aromatic carbocycles. The Balaban J connectivity index is 0. The number of carbonyl (C=O) groups is 1. The molecule has 3 N–H and O–H groups in total. The van der Waals surface area contributed by atoms with Gasteiger partial charge in [-0.15, -0.1) is 0 Å². The fourth-order valence-electron chi connectivity index (χ4n) is 0.394. The lowest BCUT2D eigenvalue weighted by molar-refractivity contribution is -0.114. The molecule has 0 aliphatic heterocycles. The number of aliphatic hydroxyl groups is 3. The SMILES string of the molecule is CC(C)=O.CCC(O)C(O)CO. The summed E-state index contributed by atoms with van der Waals surface area (Å²) < 4.78 is 0. The molecule has 2 atom stereocenters. The quantitative estimate of drug-likeness (QED) is 0.554. The van der Waals surface area contributed by atoms with E-state index < -0.39 is 12.2 Å². The monoisotopic (exact) mass is 178 g/mol. The van der Waals surface area contributed by atoms with Crippen molar-refractivity contribution in [3.63, 3.8) is 0 Å². The van der Waals surface area contributed by atoms with E-state index in [1.54, 1.807) is 6.92 Å². The molecule has 0 heterocycles. The Kier molecular flexibility index (Phi) is 10.2. The zero-order valence-corrected chi connectivity index (χ0v) is 7.82. The molecule has 4 nitrogen and oxygen atoms in total. The van der Waals surface area contributed by atoms with E-state index in [0.717, 1.165) is 0 Å². The molecule has 0 rings (SSSR count). The van der Waals surface area contributed by atoms with Crippen molar-refractivity contribution >= 4 is 5.78 Å². The van der Waals surface area contributed by atoms with E-state index in [1.165, 1.54) is 13.8 Å². The highest BCUT2D eigenvalue weighted by Gasteiger charge is 2.10. The molecule has 12 heavy (non-hydrogen) atoms. The van der Waals surface area contributed by atoms with Crippen LogP contribution >= 0.6 is 0 Å². The second-order valence-corrected chi connectivity index (χ2v) is 2.63. The minimum absolute atomic E-state index is 0.167. The topological polar surface area (TPSA) is 77.8 Å². The van der Waals surface area contributed by atoms with E-state index in [0.29, 0.717) is 6.42 Å². The number of aliphatic hydroxyl groups excluding tert-OH is 3. The van der Waals surface area contributed by atoms with E-state index in [9.17, 15) is 4.79 Å². The lowest BCUT2D eigenvalue weighted by Gasteiger charge is -2.11. The molecular formula is C8H18O4. The number of hydrogen-bond donors (Lipinski definition) is 3. The van der Waals surface area contributed by atoms with Crippen LogP contribution in [0.5, 0.6) is 0 Å². The molecule has 4 heteroatoms. The van der Waals surface area contributed by atoms with Gasteiger partial charge in [-0.2, -0.15) is 0 Å². The summed E-state index contributed by atoms with van der Waals surface area (Å²) in [5.74, 6) is 0.167.